The Morgan fingerprint density at radius 2 is 2.00 bits per heavy atom. The van der Waals surface area contributed by atoms with Crippen LogP contribution in [-0.4, -0.2) is 23.8 Å². The number of aromatic amines is 1. The van der Waals surface area contributed by atoms with Gasteiger partial charge in [0.2, 0.25) is 0 Å². The number of rotatable bonds is 3. The van der Waals surface area contributed by atoms with Gasteiger partial charge in [-0.2, -0.15) is 10.3 Å². The van der Waals surface area contributed by atoms with Gasteiger partial charge in [0.1, 0.15) is 9.90 Å². The minimum absolute atomic E-state index is 0.230. The molecular formula is C9H12N4O2S2. The van der Waals surface area contributed by atoms with Gasteiger partial charge in [-0.25, -0.2) is 8.42 Å². The SMILES string of the molecule is Cc1cc(S(=O)(=O)Nc2n[nH]nc2C)sc1C. The summed E-state index contributed by atoms with van der Waals surface area (Å²) in [6.45, 7) is 5.44. The van der Waals surface area contributed by atoms with E-state index >= 15 is 0 Å². The normalized spacial score (nSPS) is 11.7. The topological polar surface area (TPSA) is 87.7 Å². The lowest BCUT2D eigenvalue weighted by Crippen LogP contribution is -2.12. The van der Waals surface area contributed by atoms with Crippen LogP contribution in [0, 0.1) is 20.8 Å². The molecule has 17 heavy (non-hydrogen) atoms. The first-order valence-electron chi connectivity index (χ1n) is 4.87. The summed E-state index contributed by atoms with van der Waals surface area (Å²) in [6, 6.07) is 1.65. The Morgan fingerprint density at radius 3 is 2.47 bits per heavy atom. The zero-order chi connectivity index (χ0) is 12.6. The highest BCUT2D eigenvalue weighted by atomic mass is 32.2. The zero-order valence-corrected chi connectivity index (χ0v) is 11.2. The quantitative estimate of drug-likeness (QED) is 0.888. The van der Waals surface area contributed by atoms with Crippen LogP contribution in [0.1, 0.15) is 16.1 Å². The molecule has 2 rings (SSSR count). The Hall–Kier alpha value is -1.41. The van der Waals surface area contributed by atoms with Gasteiger partial charge in [0.05, 0.1) is 0 Å². The van der Waals surface area contributed by atoms with Gasteiger partial charge in [0, 0.05) is 4.88 Å². The van der Waals surface area contributed by atoms with Crippen molar-refractivity contribution >= 4 is 27.2 Å². The summed E-state index contributed by atoms with van der Waals surface area (Å²) in [7, 11) is -3.56. The van der Waals surface area contributed by atoms with Crippen LogP contribution in [0.4, 0.5) is 5.82 Å². The lowest BCUT2D eigenvalue weighted by atomic mass is 10.3. The second-order valence-corrected chi connectivity index (χ2v) is 6.83. The van der Waals surface area contributed by atoms with Crippen LogP contribution < -0.4 is 4.72 Å². The largest absolute Gasteiger partial charge is 0.272 e. The number of nitrogens with one attached hydrogen (secondary N) is 2. The van der Waals surface area contributed by atoms with Crippen LogP contribution in [0.15, 0.2) is 10.3 Å². The van der Waals surface area contributed by atoms with Crippen molar-refractivity contribution in [3.63, 3.8) is 0 Å². The summed E-state index contributed by atoms with van der Waals surface area (Å²) < 4.78 is 26.8. The van der Waals surface area contributed by atoms with Crippen molar-refractivity contribution in [3.8, 4) is 0 Å². The highest BCUT2D eigenvalue weighted by molar-refractivity contribution is 7.94. The van der Waals surface area contributed by atoms with Crippen LogP contribution in [0.25, 0.3) is 0 Å². The number of aromatic nitrogens is 3. The fraction of sp³-hybridized carbons (Fsp3) is 0.333. The standard InChI is InChI=1S/C9H12N4O2S2/c1-5-4-8(16-7(5)3)17(14,15)12-9-6(2)10-13-11-9/h4H,1-3H3,(H2,10,11,12,13). The van der Waals surface area contributed by atoms with Crippen molar-refractivity contribution in [2.45, 2.75) is 25.0 Å². The van der Waals surface area contributed by atoms with Crippen molar-refractivity contribution in [1.82, 2.24) is 15.4 Å². The molecule has 0 amide bonds. The molecule has 92 valence electrons. The van der Waals surface area contributed by atoms with Crippen LogP contribution in [0.3, 0.4) is 0 Å². The third-order valence-corrected chi connectivity index (χ3v) is 5.33. The highest BCUT2D eigenvalue weighted by Gasteiger charge is 2.20. The second kappa shape index (κ2) is 4.11. The zero-order valence-electron chi connectivity index (χ0n) is 9.60. The first kappa shape index (κ1) is 12.1. The van der Waals surface area contributed by atoms with E-state index in [2.05, 4.69) is 20.1 Å². The molecule has 0 aliphatic heterocycles. The summed E-state index contributed by atoms with van der Waals surface area (Å²) in [6.07, 6.45) is 0. The maximum absolute atomic E-state index is 12.0. The van der Waals surface area contributed by atoms with Gasteiger partial charge >= 0.3 is 0 Å². The van der Waals surface area contributed by atoms with Crippen molar-refractivity contribution < 1.29 is 8.42 Å². The molecule has 8 heteroatoms. The smallest absolute Gasteiger partial charge is 0.260 e. The lowest BCUT2D eigenvalue weighted by Gasteiger charge is -2.02. The van der Waals surface area contributed by atoms with Gasteiger partial charge in [0.15, 0.2) is 5.82 Å². The number of thiophene rings is 1. The highest BCUT2D eigenvalue weighted by Crippen LogP contribution is 2.26. The van der Waals surface area contributed by atoms with Crippen LogP contribution in [0.2, 0.25) is 0 Å². The Balaban J connectivity index is 2.35. The molecule has 0 aliphatic carbocycles. The van der Waals surface area contributed by atoms with Crippen molar-refractivity contribution in [1.29, 1.82) is 0 Å². The summed E-state index contributed by atoms with van der Waals surface area (Å²) in [5.41, 5.74) is 1.48. The van der Waals surface area contributed by atoms with E-state index in [9.17, 15) is 8.42 Å². The van der Waals surface area contributed by atoms with E-state index in [0.717, 1.165) is 10.4 Å². The van der Waals surface area contributed by atoms with Crippen molar-refractivity contribution in [3.05, 3.63) is 22.2 Å². The van der Waals surface area contributed by atoms with Gasteiger partial charge in [0.25, 0.3) is 10.0 Å². The molecule has 0 spiro atoms. The van der Waals surface area contributed by atoms with E-state index in [1.54, 1.807) is 13.0 Å². The molecule has 0 aromatic carbocycles. The predicted molar refractivity (Wildman–Crippen MR) is 65.7 cm³/mol. The number of nitrogens with zero attached hydrogens (tertiary/aromatic N) is 2. The van der Waals surface area contributed by atoms with Gasteiger partial charge in [-0.1, -0.05) is 0 Å². The number of anilines is 1. The monoisotopic (exact) mass is 272 g/mol. The minimum Gasteiger partial charge on any atom is -0.260 e. The molecule has 0 fully saturated rings. The lowest BCUT2D eigenvalue weighted by molar-refractivity contribution is 0.603. The maximum atomic E-state index is 12.0. The van der Waals surface area contributed by atoms with Crippen LogP contribution in [-0.2, 0) is 10.0 Å². The van der Waals surface area contributed by atoms with Crippen LogP contribution in [0.5, 0.6) is 0 Å². The predicted octanol–water partition coefficient (Wildman–Crippen LogP) is 1.59. The van der Waals surface area contributed by atoms with E-state index in [-0.39, 0.29) is 10.0 Å². The fourth-order valence-corrected chi connectivity index (χ4v) is 3.81. The Kier molecular flexibility index (Phi) is 2.92. The van der Waals surface area contributed by atoms with Gasteiger partial charge in [-0.15, -0.1) is 16.4 Å². The molecule has 0 saturated heterocycles. The third kappa shape index (κ3) is 2.32. The molecule has 2 aromatic heterocycles. The average molecular weight is 272 g/mol. The summed E-state index contributed by atoms with van der Waals surface area (Å²) >= 11 is 1.24. The molecule has 2 heterocycles. The van der Waals surface area contributed by atoms with Gasteiger partial charge in [-0.05, 0) is 32.4 Å². The molecule has 0 aliphatic rings. The minimum atomic E-state index is -3.56. The number of hydrogen-bond donors (Lipinski definition) is 2. The van der Waals surface area contributed by atoms with E-state index in [1.165, 1.54) is 11.3 Å². The third-order valence-electron chi connectivity index (χ3n) is 2.36. The van der Waals surface area contributed by atoms with E-state index in [0.29, 0.717) is 5.69 Å². The number of aryl methyl sites for hydroxylation is 3. The first-order valence-corrected chi connectivity index (χ1v) is 7.17. The number of sulfonamides is 1. The second-order valence-electron chi connectivity index (χ2n) is 3.67. The maximum Gasteiger partial charge on any atom is 0.272 e. The van der Waals surface area contributed by atoms with Gasteiger partial charge in [-0.3, -0.25) is 4.72 Å². The van der Waals surface area contributed by atoms with E-state index < -0.39 is 10.0 Å². The van der Waals surface area contributed by atoms with Crippen LogP contribution >= 0.6 is 11.3 Å². The molecule has 0 radical (unpaired) electrons. The summed E-state index contributed by atoms with van der Waals surface area (Å²) in [5, 5.41) is 9.86. The Bertz CT molecular complexity index is 622. The molecular weight excluding hydrogens is 260 g/mol. The fourth-order valence-electron chi connectivity index (χ4n) is 1.23. The first-order chi connectivity index (χ1) is 7.90. The molecule has 2 aromatic rings. The average Bonchev–Trinajstić information content (AvgIpc) is 2.76. The summed E-state index contributed by atoms with van der Waals surface area (Å²) in [5.74, 6) is 0.230. The Labute approximate surface area is 103 Å². The molecule has 0 unspecified atom stereocenters. The summed E-state index contributed by atoms with van der Waals surface area (Å²) in [4.78, 5) is 0.988. The molecule has 6 nitrogen and oxygen atoms in total. The Morgan fingerprint density at radius 1 is 1.29 bits per heavy atom. The molecule has 0 bridgehead atoms. The van der Waals surface area contributed by atoms with E-state index in [1.807, 2.05) is 13.8 Å². The molecule has 0 saturated carbocycles. The number of hydrogen-bond acceptors (Lipinski definition) is 5. The van der Waals surface area contributed by atoms with Gasteiger partial charge < -0.3 is 0 Å². The van der Waals surface area contributed by atoms with E-state index in [4.69, 9.17) is 0 Å². The van der Waals surface area contributed by atoms with Crippen molar-refractivity contribution in [2.75, 3.05) is 4.72 Å². The molecule has 2 N–H and O–H groups in total. The molecule has 0 atom stereocenters. The van der Waals surface area contributed by atoms with Crippen molar-refractivity contribution in [2.24, 2.45) is 0 Å². The number of H-pyrrole nitrogens is 1.